The van der Waals surface area contributed by atoms with Crippen molar-refractivity contribution in [3.8, 4) is 17.6 Å². The van der Waals surface area contributed by atoms with Crippen LogP contribution < -0.4 is 14.8 Å². The average Bonchev–Trinajstić information content (AvgIpc) is 3.03. The normalized spacial score (nSPS) is 10.9. The maximum absolute atomic E-state index is 12.2. The molecule has 2 aromatic rings. The molecule has 25 heavy (non-hydrogen) atoms. The number of hydrogen-bond acceptors (Lipinski definition) is 4. The van der Waals surface area contributed by atoms with E-state index in [-0.39, 0.29) is 11.5 Å². The number of ether oxygens (including phenoxy) is 2. The van der Waals surface area contributed by atoms with Gasteiger partial charge < -0.3 is 19.4 Å². The number of amides is 1. The Morgan fingerprint density at radius 3 is 2.64 bits per heavy atom. The fourth-order valence-electron chi connectivity index (χ4n) is 2.37. The smallest absolute Gasteiger partial charge is 0.262 e. The third kappa shape index (κ3) is 4.64. The van der Waals surface area contributed by atoms with Gasteiger partial charge in [0.25, 0.3) is 5.91 Å². The highest BCUT2D eigenvalue weighted by Gasteiger charge is 2.10. The monoisotopic (exact) mass is 339 g/mol. The van der Waals surface area contributed by atoms with Gasteiger partial charge in [0.05, 0.1) is 14.2 Å². The lowest BCUT2D eigenvalue weighted by atomic mass is 10.1. The molecule has 1 amide bonds. The van der Waals surface area contributed by atoms with Gasteiger partial charge in [-0.15, -0.1) is 0 Å². The first-order valence-corrected chi connectivity index (χ1v) is 7.81. The highest BCUT2D eigenvalue weighted by Crippen LogP contribution is 2.27. The Balaban J connectivity index is 1.97. The van der Waals surface area contributed by atoms with Crippen LogP contribution in [-0.4, -0.2) is 31.2 Å². The highest BCUT2D eigenvalue weighted by atomic mass is 16.5. The number of carbonyl (C=O) groups excluding carboxylic acids is 1. The van der Waals surface area contributed by atoms with E-state index in [2.05, 4.69) is 5.32 Å². The lowest BCUT2D eigenvalue weighted by Crippen LogP contribution is -2.26. The summed E-state index contributed by atoms with van der Waals surface area (Å²) in [6.07, 6.45) is 4.05. The molecule has 0 saturated carbocycles. The van der Waals surface area contributed by atoms with Crippen LogP contribution in [0.1, 0.15) is 11.3 Å². The molecule has 1 N–H and O–H groups in total. The maximum Gasteiger partial charge on any atom is 0.262 e. The standard InChI is InChI=1S/C19H21N3O3/c1-22-10-4-5-16(22)12-15(13-20)19(23)21-9-8-14-6-7-17(24-2)18(11-14)25-3/h4-7,10-12H,8-9H2,1-3H3,(H,21,23)/b15-12+. The van der Waals surface area contributed by atoms with Crippen molar-refractivity contribution in [1.82, 2.24) is 9.88 Å². The van der Waals surface area contributed by atoms with E-state index in [4.69, 9.17) is 9.47 Å². The second kappa shape index (κ2) is 8.60. The van der Waals surface area contributed by atoms with Gasteiger partial charge in [-0.3, -0.25) is 4.79 Å². The van der Waals surface area contributed by atoms with Crippen LogP contribution >= 0.6 is 0 Å². The minimum Gasteiger partial charge on any atom is -0.493 e. The molecule has 0 aliphatic carbocycles. The van der Waals surface area contributed by atoms with Gasteiger partial charge >= 0.3 is 0 Å². The zero-order valence-electron chi connectivity index (χ0n) is 14.6. The first-order chi connectivity index (χ1) is 12.1. The molecule has 130 valence electrons. The number of carbonyl (C=O) groups is 1. The summed E-state index contributed by atoms with van der Waals surface area (Å²) in [5, 5.41) is 12.0. The summed E-state index contributed by atoms with van der Waals surface area (Å²) in [5.74, 6) is 0.921. The largest absolute Gasteiger partial charge is 0.493 e. The van der Waals surface area contributed by atoms with Gasteiger partial charge in [0, 0.05) is 25.5 Å². The molecule has 0 unspecified atom stereocenters. The zero-order chi connectivity index (χ0) is 18.2. The Hall–Kier alpha value is -3.20. The fraction of sp³-hybridized carbons (Fsp3) is 0.263. The van der Waals surface area contributed by atoms with Crippen molar-refractivity contribution in [2.75, 3.05) is 20.8 Å². The second-order valence-electron chi connectivity index (χ2n) is 5.41. The molecular weight excluding hydrogens is 318 g/mol. The van der Waals surface area contributed by atoms with Crippen LogP contribution in [0.4, 0.5) is 0 Å². The van der Waals surface area contributed by atoms with Crippen molar-refractivity contribution in [2.45, 2.75) is 6.42 Å². The van der Waals surface area contributed by atoms with E-state index >= 15 is 0 Å². The van der Waals surface area contributed by atoms with E-state index in [0.717, 1.165) is 11.3 Å². The van der Waals surface area contributed by atoms with Crippen molar-refractivity contribution in [2.24, 2.45) is 7.05 Å². The zero-order valence-corrected chi connectivity index (χ0v) is 14.6. The van der Waals surface area contributed by atoms with Crippen LogP contribution in [-0.2, 0) is 18.3 Å². The lowest BCUT2D eigenvalue weighted by molar-refractivity contribution is -0.117. The molecular formula is C19H21N3O3. The molecule has 0 bridgehead atoms. The third-order valence-corrected chi connectivity index (χ3v) is 3.79. The fourth-order valence-corrected chi connectivity index (χ4v) is 2.37. The number of methoxy groups -OCH3 is 2. The average molecular weight is 339 g/mol. The first-order valence-electron chi connectivity index (χ1n) is 7.81. The van der Waals surface area contributed by atoms with Gasteiger partial charge in [-0.1, -0.05) is 6.07 Å². The van der Waals surface area contributed by atoms with Crippen molar-refractivity contribution < 1.29 is 14.3 Å². The van der Waals surface area contributed by atoms with Crippen molar-refractivity contribution in [3.05, 3.63) is 53.4 Å². The van der Waals surface area contributed by atoms with Crippen molar-refractivity contribution in [1.29, 1.82) is 5.26 Å². The lowest BCUT2D eigenvalue weighted by Gasteiger charge is -2.10. The minimum atomic E-state index is -0.385. The third-order valence-electron chi connectivity index (χ3n) is 3.79. The highest BCUT2D eigenvalue weighted by molar-refractivity contribution is 6.01. The van der Waals surface area contributed by atoms with Crippen LogP contribution in [0.15, 0.2) is 42.1 Å². The van der Waals surface area contributed by atoms with E-state index < -0.39 is 0 Å². The van der Waals surface area contributed by atoms with Gasteiger partial charge in [-0.2, -0.15) is 5.26 Å². The van der Waals surface area contributed by atoms with Gasteiger partial charge in [-0.25, -0.2) is 0 Å². The molecule has 6 heteroatoms. The molecule has 0 saturated heterocycles. The molecule has 6 nitrogen and oxygen atoms in total. The molecule has 1 aromatic carbocycles. The number of aryl methyl sites for hydroxylation is 1. The molecule has 2 rings (SSSR count). The van der Waals surface area contributed by atoms with Gasteiger partial charge in [0.1, 0.15) is 11.6 Å². The Morgan fingerprint density at radius 2 is 2.04 bits per heavy atom. The number of aromatic nitrogens is 1. The molecule has 0 atom stereocenters. The van der Waals surface area contributed by atoms with Gasteiger partial charge in [0.15, 0.2) is 11.5 Å². The summed E-state index contributed by atoms with van der Waals surface area (Å²) in [6, 6.07) is 11.3. The Kier molecular flexibility index (Phi) is 6.24. The Labute approximate surface area is 147 Å². The summed E-state index contributed by atoms with van der Waals surface area (Å²) in [6.45, 7) is 0.417. The molecule has 0 spiro atoms. The summed E-state index contributed by atoms with van der Waals surface area (Å²) in [5.41, 5.74) is 1.88. The Bertz CT molecular complexity index is 816. The molecule has 1 heterocycles. The number of nitriles is 1. The van der Waals surface area contributed by atoms with Crippen LogP contribution in [0, 0.1) is 11.3 Å². The number of benzene rings is 1. The van der Waals surface area contributed by atoms with Crippen LogP contribution in [0.2, 0.25) is 0 Å². The molecule has 1 aromatic heterocycles. The SMILES string of the molecule is COc1ccc(CCNC(=O)/C(C#N)=C/c2cccn2C)cc1OC. The quantitative estimate of drug-likeness (QED) is 0.620. The molecule has 0 aliphatic heterocycles. The van der Waals surface area contributed by atoms with Crippen LogP contribution in [0.25, 0.3) is 6.08 Å². The second-order valence-corrected chi connectivity index (χ2v) is 5.41. The summed E-state index contributed by atoms with van der Waals surface area (Å²) < 4.78 is 12.3. The van der Waals surface area contributed by atoms with Crippen molar-refractivity contribution in [3.63, 3.8) is 0 Å². The van der Waals surface area contributed by atoms with E-state index in [1.54, 1.807) is 20.3 Å². The first kappa shape index (κ1) is 18.1. The minimum absolute atomic E-state index is 0.0779. The predicted molar refractivity (Wildman–Crippen MR) is 95.3 cm³/mol. The van der Waals surface area contributed by atoms with E-state index in [1.807, 2.05) is 54.2 Å². The summed E-state index contributed by atoms with van der Waals surface area (Å²) in [4.78, 5) is 12.2. The maximum atomic E-state index is 12.2. The molecule has 0 fully saturated rings. The van der Waals surface area contributed by atoms with Gasteiger partial charge in [-0.05, 0) is 42.3 Å². The van der Waals surface area contributed by atoms with Gasteiger partial charge in [0.2, 0.25) is 0 Å². The van der Waals surface area contributed by atoms with E-state index in [0.29, 0.717) is 24.5 Å². The number of nitrogens with one attached hydrogen (secondary N) is 1. The number of nitrogens with zero attached hydrogens (tertiary/aromatic N) is 2. The molecule has 0 radical (unpaired) electrons. The molecule has 0 aliphatic rings. The van der Waals surface area contributed by atoms with E-state index in [9.17, 15) is 10.1 Å². The Morgan fingerprint density at radius 1 is 1.28 bits per heavy atom. The van der Waals surface area contributed by atoms with Crippen molar-refractivity contribution >= 4 is 12.0 Å². The van der Waals surface area contributed by atoms with E-state index in [1.165, 1.54) is 0 Å². The summed E-state index contributed by atoms with van der Waals surface area (Å²) in [7, 11) is 5.02. The number of rotatable bonds is 7. The number of hydrogen-bond donors (Lipinski definition) is 1. The predicted octanol–water partition coefficient (Wildman–Crippen LogP) is 2.31. The summed E-state index contributed by atoms with van der Waals surface area (Å²) >= 11 is 0. The topological polar surface area (TPSA) is 76.3 Å². The van der Waals surface area contributed by atoms with Crippen LogP contribution in [0.3, 0.4) is 0 Å². The van der Waals surface area contributed by atoms with Crippen LogP contribution in [0.5, 0.6) is 11.5 Å².